The van der Waals surface area contributed by atoms with Gasteiger partial charge in [0.15, 0.2) is 24.6 Å². The van der Waals surface area contributed by atoms with Crippen molar-refractivity contribution in [2.24, 2.45) is 0 Å². The van der Waals surface area contributed by atoms with Gasteiger partial charge in [0.05, 0.1) is 6.61 Å². The normalized spacial score (nSPS) is 19.1. The lowest BCUT2D eigenvalue weighted by atomic mass is 9.98. The van der Waals surface area contributed by atoms with Gasteiger partial charge in [-0.15, -0.1) is 0 Å². The fraction of sp³-hybridized carbons (Fsp3) is 0.619. The van der Waals surface area contributed by atoms with E-state index >= 15 is 0 Å². The Balaban J connectivity index is 2.76. The first-order valence-corrected chi connectivity index (χ1v) is 28.5. The molecule has 0 saturated carbocycles. The molecule has 1 heterocycles. The number of carboxylic acid groups (broad SMARTS) is 1. The molecule has 1 rings (SSSR count). The van der Waals surface area contributed by atoms with Crippen molar-refractivity contribution < 1.29 is 58.2 Å². The molecular weight excluding hydrogens is 949 g/mol. The molecule has 0 radical (unpaired) electrons. The second-order valence-corrected chi connectivity index (χ2v) is 18.8. The van der Waals surface area contributed by atoms with E-state index in [2.05, 4.69) is 142 Å². The molecule has 0 spiro atoms. The summed E-state index contributed by atoms with van der Waals surface area (Å²) in [5.74, 6) is -3.24. The maximum atomic E-state index is 13.1. The standard InChI is InChI=1S/C63H98O12/c1-4-7-10-13-16-19-22-25-28-31-34-37-40-43-46-49-55(64)71-52-54(73-56(65)50-47-44-41-38-35-32-29-26-23-20-17-14-11-8-5-2)53-72-63-61(59(68)58(67)60(75-63)62(69)70)74-57(66)51-48-45-42-39-36-33-30-27-24-21-18-15-12-9-6-3/h7-12,16-21,25-30,34,37,54,58-61,63,67-68H,4-6,13-15,22-24,31-33,35-36,38-53H2,1-3H3,(H,69,70)/b10-7-,11-8-,12-9-,19-16-,20-17-,21-18-,28-25-,29-26-,30-27-,37-34-. The van der Waals surface area contributed by atoms with Crippen LogP contribution in [-0.4, -0.2) is 89.2 Å². The summed E-state index contributed by atoms with van der Waals surface area (Å²) in [6, 6.07) is 0. The molecule has 1 fully saturated rings. The van der Waals surface area contributed by atoms with Gasteiger partial charge in [-0.3, -0.25) is 14.4 Å². The van der Waals surface area contributed by atoms with Crippen LogP contribution in [0.25, 0.3) is 0 Å². The van der Waals surface area contributed by atoms with Crippen LogP contribution in [0.5, 0.6) is 0 Å². The Morgan fingerprint density at radius 1 is 0.440 bits per heavy atom. The summed E-state index contributed by atoms with van der Waals surface area (Å²) in [4.78, 5) is 51.1. The average Bonchev–Trinajstić information content (AvgIpc) is 3.39. The summed E-state index contributed by atoms with van der Waals surface area (Å²) >= 11 is 0. The monoisotopic (exact) mass is 1050 g/mol. The number of aliphatic hydroxyl groups is 2. The quantitative estimate of drug-likeness (QED) is 0.0228. The van der Waals surface area contributed by atoms with Crippen molar-refractivity contribution in [1.82, 2.24) is 0 Å². The number of carbonyl (C=O) groups is 4. The minimum atomic E-state index is -1.92. The van der Waals surface area contributed by atoms with Gasteiger partial charge in [0.2, 0.25) is 0 Å². The topological polar surface area (TPSA) is 175 Å². The van der Waals surface area contributed by atoms with Crippen LogP contribution in [0.1, 0.15) is 201 Å². The number of allylic oxidation sites excluding steroid dienone is 20. The lowest BCUT2D eigenvalue weighted by Gasteiger charge is -2.40. The van der Waals surface area contributed by atoms with Crippen molar-refractivity contribution in [3.05, 3.63) is 122 Å². The number of ether oxygens (including phenoxy) is 5. The minimum Gasteiger partial charge on any atom is -0.479 e. The highest BCUT2D eigenvalue weighted by Gasteiger charge is 2.50. The molecule has 75 heavy (non-hydrogen) atoms. The molecule has 0 bridgehead atoms. The highest BCUT2D eigenvalue weighted by atomic mass is 16.7. The number of hydrogen-bond acceptors (Lipinski definition) is 11. The maximum absolute atomic E-state index is 13.1. The number of aliphatic hydroxyl groups excluding tert-OH is 2. The molecule has 0 aromatic rings. The zero-order chi connectivity index (χ0) is 54.7. The lowest BCUT2D eigenvalue weighted by Crippen LogP contribution is -2.61. The number of rotatable bonds is 46. The summed E-state index contributed by atoms with van der Waals surface area (Å²) in [7, 11) is 0. The van der Waals surface area contributed by atoms with Gasteiger partial charge in [0.1, 0.15) is 18.8 Å². The zero-order valence-corrected chi connectivity index (χ0v) is 46.2. The highest BCUT2D eigenvalue weighted by Crippen LogP contribution is 2.26. The van der Waals surface area contributed by atoms with E-state index in [0.29, 0.717) is 19.3 Å². The van der Waals surface area contributed by atoms with E-state index in [-0.39, 0.29) is 25.9 Å². The van der Waals surface area contributed by atoms with Crippen molar-refractivity contribution in [3.63, 3.8) is 0 Å². The number of aliphatic carboxylic acids is 1. The zero-order valence-electron chi connectivity index (χ0n) is 46.2. The molecule has 0 aromatic heterocycles. The molecule has 1 saturated heterocycles. The van der Waals surface area contributed by atoms with E-state index in [1.54, 1.807) is 0 Å². The second kappa shape index (κ2) is 50.0. The highest BCUT2D eigenvalue weighted by molar-refractivity contribution is 5.74. The first-order chi connectivity index (χ1) is 36.6. The Hall–Kier alpha value is -4.88. The Bertz CT molecular complexity index is 1770. The fourth-order valence-corrected chi connectivity index (χ4v) is 7.74. The molecule has 422 valence electrons. The minimum absolute atomic E-state index is 0.0280. The number of unbranched alkanes of at least 4 members (excludes halogenated alkanes) is 12. The van der Waals surface area contributed by atoms with Gasteiger partial charge in [-0.25, -0.2) is 4.79 Å². The summed E-state index contributed by atoms with van der Waals surface area (Å²) in [5.41, 5.74) is 0. The Kier molecular flexibility index (Phi) is 45.4. The van der Waals surface area contributed by atoms with Gasteiger partial charge in [-0.05, 0) is 122 Å². The van der Waals surface area contributed by atoms with Gasteiger partial charge in [0, 0.05) is 19.3 Å². The summed E-state index contributed by atoms with van der Waals surface area (Å²) < 4.78 is 28.3. The van der Waals surface area contributed by atoms with Crippen LogP contribution in [0.2, 0.25) is 0 Å². The van der Waals surface area contributed by atoms with E-state index in [1.807, 2.05) is 0 Å². The van der Waals surface area contributed by atoms with Gasteiger partial charge >= 0.3 is 23.9 Å². The summed E-state index contributed by atoms with van der Waals surface area (Å²) in [6.07, 6.45) is 56.0. The summed E-state index contributed by atoms with van der Waals surface area (Å²) in [6.45, 7) is 5.57. The van der Waals surface area contributed by atoms with Crippen molar-refractivity contribution >= 4 is 23.9 Å². The molecule has 1 aliphatic rings. The molecule has 1 aliphatic heterocycles. The SMILES string of the molecule is CC/C=C\C/C=C\C/C=C\C/C=C\CCCCC(=O)OCC(COC1OC(C(=O)O)C(O)C(O)C1OC(=O)CCCCCCC/C=C\C/C=C\C/C=C\CC)OC(=O)CCCCCCC/C=C\C/C=C\C/C=C\CC. The average molecular weight is 1050 g/mol. The third-order valence-electron chi connectivity index (χ3n) is 12.0. The Labute approximate surface area is 452 Å². The van der Waals surface area contributed by atoms with Crippen LogP contribution in [0.3, 0.4) is 0 Å². The van der Waals surface area contributed by atoms with Crippen LogP contribution in [0, 0.1) is 0 Å². The van der Waals surface area contributed by atoms with Crippen LogP contribution in [0.15, 0.2) is 122 Å². The van der Waals surface area contributed by atoms with E-state index in [9.17, 15) is 34.5 Å². The van der Waals surface area contributed by atoms with Crippen LogP contribution in [-0.2, 0) is 42.9 Å². The number of carbonyl (C=O) groups excluding carboxylic acids is 3. The molecule has 6 atom stereocenters. The number of carboxylic acids is 1. The van der Waals surface area contributed by atoms with Crippen molar-refractivity contribution in [3.8, 4) is 0 Å². The van der Waals surface area contributed by atoms with E-state index in [1.165, 1.54) is 0 Å². The predicted octanol–water partition coefficient (Wildman–Crippen LogP) is 14.4. The molecule has 12 nitrogen and oxygen atoms in total. The molecule has 0 aromatic carbocycles. The van der Waals surface area contributed by atoms with Gasteiger partial charge in [-0.1, -0.05) is 181 Å². The largest absolute Gasteiger partial charge is 0.479 e. The number of esters is 3. The smallest absolute Gasteiger partial charge is 0.335 e. The van der Waals surface area contributed by atoms with Crippen molar-refractivity contribution in [2.45, 2.75) is 237 Å². The lowest BCUT2D eigenvalue weighted by molar-refractivity contribution is -0.301. The molecule has 3 N–H and O–H groups in total. The molecule has 0 aliphatic carbocycles. The van der Waals surface area contributed by atoms with Crippen molar-refractivity contribution in [2.75, 3.05) is 13.2 Å². The van der Waals surface area contributed by atoms with Gasteiger partial charge in [-0.2, -0.15) is 0 Å². The van der Waals surface area contributed by atoms with Gasteiger partial charge in [0.25, 0.3) is 0 Å². The second-order valence-electron chi connectivity index (χ2n) is 18.8. The third-order valence-corrected chi connectivity index (χ3v) is 12.0. The van der Waals surface area contributed by atoms with Crippen LogP contribution in [0.4, 0.5) is 0 Å². The first-order valence-electron chi connectivity index (χ1n) is 28.5. The summed E-state index contributed by atoms with van der Waals surface area (Å²) in [5, 5.41) is 31.5. The molecule has 0 amide bonds. The maximum Gasteiger partial charge on any atom is 0.335 e. The van der Waals surface area contributed by atoms with Crippen molar-refractivity contribution in [1.29, 1.82) is 0 Å². The fourth-order valence-electron chi connectivity index (χ4n) is 7.74. The number of hydrogen-bond donors (Lipinski definition) is 3. The van der Waals surface area contributed by atoms with E-state index in [4.69, 9.17) is 23.7 Å². The predicted molar refractivity (Wildman–Crippen MR) is 303 cm³/mol. The molecule has 12 heteroatoms. The Morgan fingerprint density at radius 2 is 0.800 bits per heavy atom. The van der Waals surface area contributed by atoms with Crippen LogP contribution < -0.4 is 0 Å². The van der Waals surface area contributed by atoms with E-state index < -0.39 is 67.3 Å². The van der Waals surface area contributed by atoms with Gasteiger partial charge < -0.3 is 39.0 Å². The van der Waals surface area contributed by atoms with Crippen LogP contribution >= 0.6 is 0 Å². The third kappa shape index (κ3) is 40.1. The molecule has 6 unspecified atom stereocenters. The Morgan fingerprint density at radius 3 is 1.24 bits per heavy atom. The first kappa shape index (κ1) is 68.1. The molecular formula is C63H98O12. The van der Waals surface area contributed by atoms with E-state index in [0.717, 1.165) is 141 Å².